The largest absolute Gasteiger partial charge is 0.348 e. The van der Waals surface area contributed by atoms with Crippen molar-refractivity contribution < 1.29 is 4.79 Å². The SMILES string of the molecule is O=C(NCCCCc1cnc[nH]1)Nc1ccccc1. The van der Waals surface area contributed by atoms with Crippen LogP contribution in [0.3, 0.4) is 0 Å². The summed E-state index contributed by atoms with van der Waals surface area (Å²) in [4.78, 5) is 18.6. The molecule has 2 aromatic rings. The van der Waals surface area contributed by atoms with Crippen LogP contribution in [0.25, 0.3) is 0 Å². The first kappa shape index (κ1) is 13.1. The Labute approximate surface area is 112 Å². The predicted octanol–water partition coefficient (Wildman–Crippen LogP) is 2.55. The number of para-hydroxylation sites is 1. The smallest absolute Gasteiger partial charge is 0.319 e. The summed E-state index contributed by atoms with van der Waals surface area (Å²) in [5, 5.41) is 5.62. The predicted molar refractivity (Wildman–Crippen MR) is 75.0 cm³/mol. The number of amides is 2. The summed E-state index contributed by atoms with van der Waals surface area (Å²) in [5.41, 5.74) is 1.94. The Bertz CT molecular complexity index is 481. The van der Waals surface area contributed by atoms with Gasteiger partial charge in [-0.25, -0.2) is 9.78 Å². The number of unbranched alkanes of at least 4 members (excludes halogenated alkanes) is 1. The molecule has 0 saturated carbocycles. The maximum absolute atomic E-state index is 11.6. The highest BCUT2D eigenvalue weighted by Gasteiger charge is 2.00. The van der Waals surface area contributed by atoms with Crippen molar-refractivity contribution in [2.75, 3.05) is 11.9 Å². The lowest BCUT2D eigenvalue weighted by Crippen LogP contribution is -2.29. The Kier molecular flexibility index (Phi) is 4.98. The van der Waals surface area contributed by atoms with Crippen LogP contribution in [-0.4, -0.2) is 22.5 Å². The summed E-state index contributed by atoms with van der Waals surface area (Å²) in [6.45, 7) is 0.673. The van der Waals surface area contributed by atoms with Gasteiger partial charge in [0.2, 0.25) is 0 Å². The Hall–Kier alpha value is -2.30. The number of anilines is 1. The highest BCUT2D eigenvalue weighted by molar-refractivity contribution is 5.89. The van der Waals surface area contributed by atoms with Gasteiger partial charge in [0.25, 0.3) is 0 Å². The second kappa shape index (κ2) is 7.20. The van der Waals surface area contributed by atoms with E-state index in [-0.39, 0.29) is 6.03 Å². The molecular formula is C14H18N4O. The third kappa shape index (κ3) is 4.83. The molecule has 0 aliphatic carbocycles. The molecule has 1 heterocycles. The van der Waals surface area contributed by atoms with Gasteiger partial charge < -0.3 is 15.6 Å². The lowest BCUT2D eigenvalue weighted by atomic mass is 10.2. The van der Waals surface area contributed by atoms with Crippen molar-refractivity contribution in [2.24, 2.45) is 0 Å². The number of urea groups is 1. The molecule has 1 aromatic carbocycles. The summed E-state index contributed by atoms with van der Waals surface area (Å²) in [6.07, 6.45) is 6.44. The highest BCUT2D eigenvalue weighted by Crippen LogP contribution is 2.04. The van der Waals surface area contributed by atoms with Crippen molar-refractivity contribution in [3.63, 3.8) is 0 Å². The van der Waals surface area contributed by atoms with Crippen LogP contribution in [0.5, 0.6) is 0 Å². The fraction of sp³-hybridized carbons (Fsp3) is 0.286. The summed E-state index contributed by atoms with van der Waals surface area (Å²) >= 11 is 0. The van der Waals surface area contributed by atoms with Crippen LogP contribution in [0.1, 0.15) is 18.5 Å². The van der Waals surface area contributed by atoms with Crippen LogP contribution in [0.2, 0.25) is 0 Å². The minimum Gasteiger partial charge on any atom is -0.348 e. The number of imidazole rings is 1. The molecule has 0 spiro atoms. The van der Waals surface area contributed by atoms with Gasteiger partial charge in [-0.3, -0.25) is 0 Å². The van der Waals surface area contributed by atoms with E-state index in [1.807, 2.05) is 36.5 Å². The van der Waals surface area contributed by atoms with E-state index in [1.54, 1.807) is 6.33 Å². The second-order valence-corrected chi connectivity index (χ2v) is 4.28. The van der Waals surface area contributed by atoms with Crippen molar-refractivity contribution in [1.82, 2.24) is 15.3 Å². The van der Waals surface area contributed by atoms with Gasteiger partial charge in [0.05, 0.1) is 6.33 Å². The first-order chi connectivity index (χ1) is 9.34. The van der Waals surface area contributed by atoms with E-state index in [0.717, 1.165) is 30.6 Å². The topological polar surface area (TPSA) is 69.8 Å². The number of aromatic amines is 1. The molecule has 100 valence electrons. The second-order valence-electron chi connectivity index (χ2n) is 4.28. The molecule has 0 bridgehead atoms. The van der Waals surface area contributed by atoms with Gasteiger partial charge in [-0.05, 0) is 31.4 Å². The monoisotopic (exact) mass is 258 g/mol. The minimum atomic E-state index is -0.159. The van der Waals surface area contributed by atoms with Gasteiger partial charge in [0.15, 0.2) is 0 Å². The minimum absolute atomic E-state index is 0.159. The summed E-state index contributed by atoms with van der Waals surface area (Å²) < 4.78 is 0. The molecule has 19 heavy (non-hydrogen) atoms. The first-order valence-corrected chi connectivity index (χ1v) is 6.42. The number of H-pyrrole nitrogens is 1. The summed E-state index contributed by atoms with van der Waals surface area (Å²) in [7, 11) is 0. The van der Waals surface area contributed by atoms with Crippen LogP contribution >= 0.6 is 0 Å². The zero-order valence-electron chi connectivity index (χ0n) is 10.7. The number of rotatable bonds is 6. The molecule has 0 aliphatic heterocycles. The first-order valence-electron chi connectivity index (χ1n) is 6.42. The molecule has 2 rings (SSSR count). The molecular weight excluding hydrogens is 240 g/mol. The van der Waals surface area contributed by atoms with E-state index >= 15 is 0 Å². The maximum atomic E-state index is 11.6. The number of benzene rings is 1. The number of nitrogens with zero attached hydrogens (tertiary/aromatic N) is 1. The third-order valence-corrected chi connectivity index (χ3v) is 2.74. The number of carbonyl (C=O) groups is 1. The van der Waals surface area contributed by atoms with Crippen LogP contribution in [0.4, 0.5) is 10.5 Å². The van der Waals surface area contributed by atoms with Crippen LogP contribution in [0, 0.1) is 0 Å². The Morgan fingerprint density at radius 1 is 1.21 bits per heavy atom. The Balaban J connectivity index is 1.57. The maximum Gasteiger partial charge on any atom is 0.319 e. The third-order valence-electron chi connectivity index (χ3n) is 2.74. The van der Waals surface area contributed by atoms with Crippen LogP contribution in [0.15, 0.2) is 42.9 Å². The van der Waals surface area contributed by atoms with Crippen molar-refractivity contribution >= 4 is 11.7 Å². The van der Waals surface area contributed by atoms with E-state index in [1.165, 1.54) is 0 Å². The lowest BCUT2D eigenvalue weighted by molar-refractivity contribution is 0.252. The molecule has 0 saturated heterocycles. The number of aromatic nitrogens is 2. The molecule has 2 amide bonds. The molecule has 5 heteroatoms. The fourth-order valence-corrected chi connectivity index (χ4v) is 1.76. The standard InChI is InChI=1S/C14H18N4O/c19-14(18-12-6-2-1-3-7-12)16-9-5-4-8-13-10-15-11-17-13/h1-3,6-7,10-11H,4-5,8-9H2,(H,15,17)(H2,16,18,19). The van der Waals surface area contributed by atoms with Crippen LogP contribution in [-0.2, 0) is 6.42 Å². The van der Waals surface area contributed by atoms with Crippen LogP contribution < -0.4 is 10.6 Å². The number of carbonyl (C=O) groups excluding carboxylic acids is 1. The molecule has 5 nitrogen and oxygen atoms in total. The summed E-state index contributed by atoms with van der Waals surface area (Å²) in [5.74, 6) is 0. The molecule has 0 atom stereocenters. The van der Waals surface area contributed by atoms with Gasteiger partial charge in [0, 0.05) is 24.1 Å². The van der Waals surface area contributed by atoms with E-state index in [0.29, 0.717) is 6.54 Å². The van der Waals surface area contributed by atoms with Crippen molar-refractivity contribution in [1.29, 1.82) is 0 Å². The van der Waals surface area contributed by atoms with Gasteiger partial charge in [-0.1, -0.05) is 18.2 Å². The summed E-state index contributed by atoms with van der Waals surface area (Å²) in [6, 6.07) is 9.25. The fourth-order valence-electron chi connectivity index (χ4n) is 1.76. The molecule has 0 unspecified atom stereocenters. The van der Waals surface area contributed by atoms with Gasteiger partial charge in [-0.15, -0.1) is 0 Å². The average Bonchev–Trinajstić information content (AvgIpc) is 2.92. The van der Waals surface area contributed by atoms with E-state index in [4.69, 9.17) is 0 Å². The number of nitrogens with one attached hydrogen (secondary N) is 3. The number of hydrogen-bond acceptors (Lipinski definition) is 2. The van der Waals surface area contributed by atoms with Gasteiger partial charge >= 0.3 is 6.03 Å². The zero-order valence-corrected chi connectivity index (χ0v) is 10.7. The molecule has 3 N–H and O–H groups in total. The van der Waals surface area contributed by atoms with E-state index in [2.05, 4.69) is 20.6 Å². The zero-order chi connectivity index (χ0) is 13.3. The number of hydrogen-bond donors (Lipinski definition) is 3. The lowest BCUT2D eigenvalue weighted by Gasteiger charge is -2.07. The van der Waals surface area contributed by atoms with Gasteiger partial charge in [-0.2, -0.15) is 0 Å². The van der Waals surface area contributed by atoms with E-state index < -0.39 is 0 Å². The van der Waals surface area contributed by atoms with Crippen molar-refractivity contribution in [3.05, 3.63) is 48.5 Å². The molecule has 1 aromatic heterocycles. The van der Waals surface area contributed by atoms with E-state index in [9.17, 15) is 4.79 Å². The average molecular weight is 258 g/mol. The van der Waals surface area contributed by atoms with Gasteiger partial charge in [0.1, 0.15) is 0 Å². The molecule has 0 radical (unpaired) electrons. The normalized spacial score (nSPS) is 10.1. The van der Waals surface area contributed by atoms with Crippen molar-refractivity contribution in [2.45, 2.75) is 19.3 Å². The molecule has 0 aliphatic rings. The highest BCUT2D eigenvalue weighted by atomic mass is 16.2. The Morgan fingerprint density at radius 3 is 2.79 bits per heavy atom. The number of aryl methyl sites for hydroxylation is 1. The quantitative estimate of drug-likeness (QED) is 0.697. The Morgan fingerprint density at radius 2 is 2.05 bits per heavy atom. The van der Waals surface area contributed by atoms with Crippen molar-refractivity contribution in [3.8, 4) is 0 Å². The molecule has 0 fully saturated rings.